The fourth-order valence-electron chi connectivity index (χ4n) is 3.00. The van der Waals surface area contributed by atoms with Crippen molar-refractivity contribution in [2.75, 3.05) is 12.4 Å². The van der Waals surface area contributed by atoms with Crippen molar-refractivity contribution < 1.29 is 4.74 Å². The van der Waals surface area contributed by atoms with Crippen LogP contribution in [0.2, 0.25) is 0 Å². The molecule has 0 saturated heterocycles. The van der Waals surface area contributed by atoms with E-state index in [0.717, 1.165) is 40.3 Å². The third-order valence-electron chi connectivity index (χ3n) is 4.33. The normalized spacial score (nSPS) is 11.0. The molecule has 2 heterocycles. The lowest BCUT2D eigenvalue weighted by Gasteiger charge is -2.12. The Hall–Kier alpha value is -3.13. The van der Waals surface area contributed by atoms with Crippen molar-refractivity contribution >= 4 is 11.8 Å². The quantitative estimate of drug-likeness (QED) is 0.412. The maximum atomic E-state index is 5.58. The first-order valence-corrected chi connectivity index (χ1v) is 10.4. The summed E-state index contributed by atoms with van der Waals surface area (Å²) >= 11 is 1.64. The van der Waals surface area contributed by atoms with Crippen LogP contribution < -0.4 is 4.74 Å². The molecular weight excluding hydrogens is 384 g/mol. The molecule has 8 heteroatoms. The predicted octanol–water partition coefficient (Wildman–Crippen LogP) is 4.03. The van der Waals surface area contributed by atoms with E-state index in [9.17, 15) is 0 Å². The minimum Gasteiger partial charge on any atom is -0.494 e. The van der Waals surface area contributed by atoms with Gasteiger partial charge in [-0.05, 0) is 44.2 Å². The number of ether oxygens (including phenoxy) is 1. The van der Waals surface area contributed by atoms with E-state index in [1.807, 2.05) is 41.9 Å². The van der Waals surface area contributed by atoms with Gasteiger partial charge in [-0.3, -0.25) is 9.25 Å². The summed E-state index contributed by atoms with van der Waals surface area (Å²) in [6.45, 7) is 5.45. The summed E-state index contributed by atoms with van der Waals surface area (Å²) < 4.78 is 9.49. The number of hydrogen-bond acceptors (Lipinski definition) is 6. The molecule has 148 valence electrons. The average molecular weight is 407 g/mol. The standard InChI is InChI=1S/C21H22N6OS/c1-3-28-19-9-7-18(8-10-19)27-20(17-6-4-5-16(2)13-17)24-25-21(27)29-12-11-26-15-22-14-23-26/h4-10,13-15H,3,11-12H2,1-2H3. The number of rotatable bonds is 8. The summed E-state index contributed by atoms with van der Waals surface area (Å²) in [4.78, 5) is 3.99. The molecule has 0 bridgehead atoms. The Kier molecular flexibility index (Phi) is 5.90. The lowest BCUT2D eigenvalue weighted by Crippen LogP contribution is -2.03. The Morgan fingerprint density at radius 1 is 1.07 bits per heavy atom. The van der Waals surface area contributed by atoms with Crippen molar-refractivity contribution in [2.45, 2.75) is 25.5 Å². The molecule has 4 aromatic rings. The van der Waals surface area contributed by atoms with E-state index in [1.54, 1.807) is 24.4 Å². The summed E-state index contributed by atoms with van der Waals surface area (Å²) in [5, 5.41) is 14.0. The van der Waals surface area contributed by atoms with E-state index >= 15 is 0 Å². The van der Waals surface area contributed by atoms with Gasteiger partial charge in [0.15, 0.2) is 11.0 Å². The van der Waals surface area contributed by atoms with Crippen LogP contribution in [-0.4, -0.2) is 41.9 Å². The number of benzene rings is 2. The summed E-state index contributed by atoms with van der Waals surface area (Å²) in [5.41, 5.74) is 3.22. The predicted molar refractivity (Wildman–Crippen MR) is 113 cm³/mol. The van der Waals surface area contributed by atoms with E-state index in [1.165, 1.54) is 5.56 Å². The Labute approximate surface area is 173 Å². The van der Waals surface area contributed by atoms with Gasteiger partial charge in [0.25, 0.3) is 0 Å². The zero-order valence-corrected chi connectivity index (χ0v) is 17.2. The highest BCUT2D eigenvalue weighted by Gasteiger charge is 2.16. The van der Waals surface area contributed by atoms with Gasteiger partial charge in [0.1, 0.15) is 18.4 Å². The molecule has 0 N–H and O–H groups in total. The van der Waals surface area contributed by atoms with Crippen LogP contribution in [0.15, 0.2) is 66.3 Å². The molecule has 0 amide bonds. The van der Waals surface area contributed by atoms with E-state index in [-0.39, 0.29) is 0 Å². The topological polar surface area (TPSA) is 70.7 Å². The highest BCUT2D eigenvalue weighted by molar-refractivity contribution is 7.99. The zero-order valence-electron chi connectivity index (χ0n) is 16.4. The minimum atomic E-state index is 0.643. The Bertz CT molecular complexity index is 1060. The van der Waals surface area contributed by atoms with Gasteiger partial charge in [-0.15, -0.1) is 10.2 Å². The largest absolute Gasteiger partial charge is 0.494 e. The summed E-state index contributed by atoms with van der Waals surface area (Å²) in [6, 6.07) is 16.3. The van der Waals surface area contributed by atoms with Crippen molar-refractivity contribution in [2.24, 2.45) is 0 Å². The molecule has 0 aliphatic heterocycles. The third-order valence-corrected chi connectivity index (χ3v) is 5.24. The molecule has 0 unspecified atom stereocenters. The first-order valence-electron chi connectivity index (χ1n) is 9.45. The first kappa shape index (κ1) is 19.2. The highest BCUT2D eigenvalue weighted by atomic mass is 32.2. The number of aryl methyl sites for hydroxylation is 2. The van der Waals surface area contributed by atoms with Crippen LogP contribution in [0.5, 0.6) is 5.75 Å². The van der Waals surface area contributed by atoms with Gasteiger partial charge in [-0.1, -0.05) is 35.5 Å². The molecule has 29 heavy (non-hydrogen) atoms. The van der Waals surface area contributed by atoms with Gasteiger partial charge in [-0.2, -0.15) is 5.10 Å². The highest BCUT2D eigenvalue weighted by Crippen LogP contribution is 2.29. The summed E-state index contributed by atoms with van der Waals surface area (Å²) in [5.74, 6) is 2.48. The second kappa shape index (κ2) is 8.91. The molecule has 7 nitrogen and oxygen atoms in total. The molecule has 0 fully saturated rings. The van der Waals surface area contributed by atoms with Gasteiger partial charge in [0.2, 0.25) is 0 Å². The van der Waals surface area contributed by atoms with Gasteiger partial charge in [-0.25, -0.2) is 4.98 Å². The van der Waals surface area contributed by atoms with Gasteiger partial charge >= 0.3 is 0 Å². The zero-order chi connectivity index (χ0) is 20.1. The molecular formula is C21H22N6OS. The summed E-state index contributed by atoms with van der Waals surface area (Å²) in [6.07, 6.45) is 3.26. The molecule has 4 rings (SSSR count). The van der Waals surface area contributed by atoms with Crippen LogP contribution in [0, 0.1) is 6.92 Å². The van der Waals surface area contributed by atoms with Gasteiger partial charge < -0.3 is 4.74 Å². The van der Waals surface area contributed by atoms with Crippen molar-refractivity contribution in [1.82, 2.24) is 29.5 Å². The molecule has 0 aliphatic rings. The fourth-order valence-corrected chi connectivity index (χ4v) is 3.88. The lowest BCUT2D eigenvalue weighted by atomic mass is 10.1. The monoisotopic (exact) mass is 406 g/mol. The number of nitrogens with zero attached hydrogens (tertiary/aromatic N) is 6. The van der Waals surface area contributed by atoms with Crippen LogP contribution >= 0.6 is 11.8 Å². The van der Waals surface area contributed by atoms with Crippen LogP contribution in [-0.2, 0) is 6.54 Å². The number of aromatic nitrogens is 6. The molecule has 0 spiro atoms. The van der Waals surface area contributed by atoms with Crippen molar-refractivity contribution in [3.05, 3.63) is 66.7 Å². The Morgan fingerprint density at radius 2 is 1.93 bits per heavy atom. The SMILES string of the molecule is CCOc1ccc(-n2c(SCCn3cncn3)nnc2-c2cccc(C)c2)cc1. The maximum Gasteiger partial charge on any atom is 0.196 e. The van der Waals surface area contributed by atoms with Crippen molar-refractivity contribution in [3.63, 3.8) is 0 Å². The lowest BCUT2D eigenvalue weighted by molar-refractivity contribution is 0.340. The Balaban J connectivity index is 1.67. The summed E-state index contributed by atoms with van der Waals surface area (Å²) in [7, 11) is 0. The van der Waals surface area contributed by atoms with E-state index < -0.39 is 0 Å². The molecule has 0 atom stereocenters. The maximum absolute atomic E-state index is 5.58. The molecule has 0 aliphatic carbocycles. The number of thioether (sulfide) groups is 1. The average Bonchev–Trinajstić information content (AvgIpc) is 3.39. The van der Waals surface area contributed by atoms with E-state index in [2.05, 4.69) is 50.0 Å². The van der Waals surface area contributed by atoms with Crippen molar-refractivity contribution in [1.29, 1.82) is 0 Å². The van der Waals surface area contributed by atoms with Crippen molar-refractivity contribution in [3.8, 4) is 22.8 Å². The van der Waals surface area contributed by atoms with Gasteiger partial charge in [0, 0.05) is 17.0 Å². The van der Waals surface area contributed by atoms with Crippen LogP contribution in [0.25, 0.3) is 17.1 Å². The van der Waals surface area contributed by atoms with Crippen LogP contribution in [0.4, 0.5) is 0 Å². The molecule has 0 radical (unpaired) electrons. The smallest absolute Gasteiger partial charge is 0.196 e. The molecule has 2 aromatic carbocycles. The second-order valence-corrected chi connectivity index (χ2v) is 7.51. The minimum absolute atomic E-state index is 0.643. The van der Waals surface area contributed by atoms with E-state index in [4.69, 9.17) is 4.74 Å². The first-order chi connectivity index (χ1) is 14.2. The van der Waals surface area contributed by atoms with Crippen LogP contribution in [0.1, 0.15) is 12.5 Å². The fraction of sp³-hybridized carbons (Fsp3) is 0.238. The Morgan fingerprint density at radius 3 is 2.66 bits per heavy atom. The number of hydrogen-bond donors (Lipinski definition) is 0. The molecule has 2 aromatic heterocycles. The third kappa shape index (κ3) is 4.48. The van der Waals surface area contributed by atoms with E-state index in [0.29, 0.717) is 6.61 Å². The molecule has 0 saturated carbocycles. The second-order valence-electron chi connectivity index (χ2n) is 6.45. The van der Waals surface area contributed by atoms with Crippen LogP contribution in [0.3, 0.4) is 0 Å². The van der Waals surface area contributed by atoms with Gasteiger partial charge in [0.05, 0.1) is 13.2 Å².